The molecule has 0 bridgehead atoms. The number of aliphatic hydroxyl groups excluding tert-OH is 1. The average Bonchev–Trinajstić information content (AvgIpc) is 2.96. The Morgan fingerprint density at radius 3 is 1.38 bits per heavy atom. The molecule has 0 aliphatic rings. The van der Waals surface area contributed by atoms with Crippen molar-refractivity contribution in [2.24, 2.45) is 0 Å². The molecule has 0 aromatic carbocycles. The summed E-state index contributed by atoms with van der Waals surface area (Å²) in [5, 5.41) is 9.50. The van der Waals surface area contributed by atoms with Gasteiger partial charge in [-0.05, 0) is 38.5 Å². The lowest BCUT2D eigenvalue weighted by Gasteiger charge is -2.15. The molecular weight excluding hydrogens is 500 g/mol. The van der Waals surface area contributed by atoms with Crippen molar-refractivity contribution in [1.29, 1.82) is 0 Å². The van der Waals surface area contributed by atoms with Crippen LogP contribution in [0.25, 0.3) is 0 Å². The summed E-state index contributed by atoms with van der Waals surface area (Å²) in [7, 11) is 0. The zero-order chi connectivity index (χ0) is 29.4. The molecule has 5 heteroatoms. The quantitative estimate of drug-likeness (QED) is 0.0513. The van der Waals surface area contributed by atoms with Crippen molar-refractivity contribution in [3.63, 3.8) is 0 Å². The molecule has 0 amide bonds. The summed E-state index contributed by atoms with van der Waals surface area (Å²) >= 11 is 0. The third kappa shape index (κ3) is 29.6. The normalized spacial score (nSPS) is 12.2. The Balaban J connectivity index is 3.56. The van der Waals surface area contributed by atoms with Crippen molar-refractivity contribution in [3.8, 4) is 0 Å². The van der Waals surface area contributed by atoms with Crippen LogP contribution in [0, 0.1) is 0 Å². The molecule has 0 rings (SSSR count). The summed E-state index contributed by atoms with van der Waals surface area (Å²) in [6.45, 7) is 4.11. The van der Waals surface area contributed by atoms with E-state index in [2.05, 4.69) is 26.0 Å². The van der Waals surface area contributed by atoms with Gasteiger partial charge in [-0.25, -0.2) is 0 Å². The minimum atomic E-state index is -0.765. The summed E-state index contributed by atoms with van der Waals surface area (Å²) in [4.78, 5) is 24.1. The van der Waals surface area contributed by atoms with Crippen molar-refractivity contribution in [3.05, 3.63) is 12.2 Å². The number of hydrogen-bond acceptors (Lipinski definition) is 5. The number of carbonyl (C=O) groups is 2. The number of ether oxygens (including phenoxy) is 2. The largest absolute Gasteiger partial charge is 0.462 e. The van der Waals surface area contributed by atoms with Gasteiger partial charge < -0.3 is 14.6 Å². The second-order valence-corrected chi connectivity index (χ2v) is 11.6. The van der Waals surface area contributed by atoms with Crippen LogP contribution in [-0.2, 0) is 19.1 Å². The molecule has 0 aromatic heterocycles. The second kappa shape index (κ2) is 32.2. The molecule has 40 heavy (non-hydrogen) atoms. The summed E-state index contributed by atoms with van der Waals surface area (Å²) in [5.74, 6) is -0.592. The van der Waals surface area contributed by atoms with E-state index in [4.69, 9.17) is 9.47 Å². The number of rotatable bonds is 31. The Labute approximate surface area is 248 Å². The first-order valence-corrected chi connectivity index (χ1v) is 17.2. The van der Waals surface area contributed by atoms with E-state index >= 15 is 0 Å². The molecule has 1 unspecified atom stereocenters. The number of hydrogen-bond donors (Lipinski definition) is 1. The highest BCUT2D eigenvalue weighted by molar-refractivity contribution is 5.70. The minimum absolute atomic E-state index is 0.0624. The maximum absolute atomic E-state index is 12.1. The number of allylic oxidation sites excluding steroid dienone is 2. The standard InChI is InChI=1S/C35H66O5/c1-3-5-7-9-11-13-15-16-17-18-20-22-24-26-28-30-35(38)40-33(31-36)32-39-34(37)29-27-25-23-21-19-14-12-10-8-6-4-2/h13,15,33,36H,3-12,14,16-32H2,1-2H3. The predicted octanol–water partition coefficient (Wildman–Crippen LogP) is 10.2. The van der Waals surface area contributed by atoms with Crippen LogP contribution in [0.15, 0.2) is 12.2 Å². The molecule has 0 saturated heterocycles. The fourth-order valence-electron chi connectivity index (χ4n) is 4.90. The van der Waals surface area contributed by atoms with Gasteiger partial charge in [0.15, 0.2) is 6.10 Å². The zero-order valence-electron chi connectivity index (χ0n) is 26.6. The van der Waals surface area contributed by atoms with Crippen molar-refractivity contribution in [2.75, 3.05) is 13.2 Å². The number of esters is 2. The van der Waals surface area contributed by atoms with E-state index in [0.717, 1.165) is 38.5 Å². The van der Waals surface area contributed by atoms with E-state index in [-0.39, 0.29) is 25.2 Å². The summed E-state index contributed by atoms with van der Waals surface area (Å²) in [6, 6.07) is 0. The lowest BCUT2D eigenvalue weighted by Crippen LogP contribution is -2.28. The van der Waals surface area contributed by atoms with Gasteiger partial charge in [0, 0.05) is 12.8 Å². The molecule has 1 N–H and O–H groups in total. The third-order valence-electron chi connectivity index (χ3n) is 7.56. The Bertz CT molecular complexity index is 574. The van der Waals surface area contributed by atoms with Crippen LogP contribution in [0.2, 0.25) is 0 Å². The van der Waals surface area contributed by atoms with E-state index in [1.807, 2.05) is 0 Å². The first-order chi connectivity index (χ1) is 19.6. The van der Waals surface area contributed by atoms with Crippen molar-refractivity contribution < 1.29 is 24.2 Å². The number of unbranched alkanes of at least 4 members (excludes halogenated alkanes) is 21. The van der Waals surface area contributed by atoms with Crippen LogP contribution in [-0.4, -0.2) is 36.4 Å². The molecule has 1 atom stereocenters. The van der Waals surface area contributed by atoms with Gasteiger partial charge in [0.1, 0.15) is 6.61 Å². The van der Waals surface area contributed by atoms with Gasteiger partial charge in [0.2, 0.25) is 0 Å². The van der Waals surface area contributed by atoms with Crippen LogP contribution in [0.5, 0.6) is 0 Å². The van der Waals surface area contributed by atoms with Crippen LogP contribution >= 0.6 is 0 Å². The van der Waals surface area contributed by atoms with Crippen LogP contribution in [0.4, 0.5) is 0 Å². The molecule has 236 valence electrons. The molecular formula is C35H66O5. The van der Waals surface area contributed by atoms with E-state index in [9.17, 15) is 14.7 Å². The predicted molar refractivity (Wildman–Crippen MR) is 168 cm³/mol. The van der Waals surface area contributed by atoms with E-state index in [0.29, 0.717) is 12.8 Å². The van der Waals surface area contributed by atoms with Crippen molar-refractivity contribution in [2.45, 2.75) is 187 Å². The lowest BCUT2D eigenvalue weighted by molar-refractivity contribution is -0.161. The van der Waals surface area contributed by atoms with Crippen molar-refractivity contribution >= 4 is 11.9 Å². The van der Waals surface area contributed by atoms with Gasteiger partial charge in [-0.1, -0.05) is 142 Å². The van der Waals surface area contributed by atoms with E-state index in [1.165, 1.54) is 116 Å². The Morgan fingerprint density at radius 2 is 0.925 bits per heavy atom. The topological polar surface area (TPSA) is 72.8 Å². The molecule has 0 aliphatic carbocycles. The summed E-state index contributed by atoms with van der Waals surface area (Å²) in [5.41, 5.74) is 0. The average molecular weight is 567 g/mol. The van der Waals surface area contributed by atoms with Gasteiger partial charge in [-0.2, -0.15) is 0 Å². The SMILES string of the molecule is CCCCCCC=CCCCCCCCCCC(=O)OC(CO)COC(=O)CCCCCCCCCCCCC. The molecule has 0 heterocycles. The summed E-state index contributed by atoms with van der Waals surface area (Å²) in [6.07, 6.45) is 34.0. The molecule has 0 radical (unpaired) electrons. The number of carbonyl (C=O) groups excluding carboxylic acids is 2. The third-order valence-corrected chi connectivity index (χ3v) is 7.56. The fourth-order valence-corrected chi connectivity index (χ4v) is 4.90. The van der Waals surface area contributed by atoms with Gasteiger partial charge >= 0.3 is 11.9 Å². The maximum atomic E-state index is 12.1. The highest BCUT2D eigenvalue weighted by Crippen LogP contribution is 2.13. The van der Waals surface area contributed by atoms with Crippen molar-refractivity contribution in [1.82, 2.24) is 0 Å². The first kappa shape index (κ1) is 38.6. The first-order valence-electron chi connectivity index (χ1n) is 17.2. The molecule has 0 aromatic rings. The monoisotopic (exact) mass is 566 g/mol. The maximum Gasteiger partial charge on any atom is 0.306 e. The highest BCUT2D eigenvalue weighted by atomic mass is 16.6. The Morgan fingerprint density at radius 1 is 0.550 bits per heavy atom. The second-order valence-electron chi connectivity index (χ2n) is 11.6. The Hall–Kier alpha value is -1.36. The molecule has 0 fully saturated rings. The number of aliphatic hydroxyl groups is 1. The molecule has 5 nitrogen and oxygen atoms in total. The van der Waals surface area contributed by atoms with E-state index in [1.54, 1.807) is 0 Å². The van der Waals surface area contributed by atoms with Crippen LogP contribution in [0.3, 0.4) is 0 Å². The zero-order valence-corrected chi connectivity index (χ0v) is 26.6. The molecule has 0 saturated carbocycles. The smallest absolute Gasteiger partial charge is 0.306 e. The highest BCUT2D eigenvalue weighted by Gasteiger charge is 2.16. The molecule has 0 aliphatic heterocycles. The molecule has 0 spiro atoms. The Kier molecular flexibility index (Phi) is 31.1. The van der Waals surface area contributed by atoms with Gasteiger partial charge in [0.05, 0.1) is 6.61 Å². The minimum Gasteiger partial charge on any atom is -0.462 e. The lowest BCUT2D eigenvalue weighted by atomic mass is 10.1. The van der Waals surface area contributed by atoms with Gasteiger partial charge in [0.25, 0.3) is 0 Å². The van der Waals surface area contributed by atoms with Crippen LogP contribution < -0.4 is 0 Å². The van der Waals surface area contributed by atoms with E-state index < -0.39 is 6.10 Å². The van der Waals surface area contributed by atoms with Gasteiger partial charge in [-0.3, -0.25) is 9.59 Å². The van der Waals surface area contributed by atoms with Gasteiger partial charge in [-0.15, -0.1) is 0 Å². The van der Waals surface area contributed by atoms with Crippen LogP contribution in [0.1, 0.15) is 181 Å². The summed E-state index contributed by atoms with van der Waals surface area (Å²) < 4.78 is 10.5. The fraction of sp³-hybridized carbons (Fsp3) is 0.886.